The molecule has 34 heavy (non-hydrogen) atoms. The molecule has 0 spiro atoms. The van der Waals surface area contributed by atoms with Crippen molar-refractivity contribution in [2.75, 3.05) is 13.7 Å². The number of ether oxygens (including phenoxy) is 2. The van der Waals surface area contributed by atoms with Gasteiger partial charge in [0, 0.05) is 18.1 Å². The molecule has 0 aromatic heterocycles. The largest absolute Gasteiger partial charge is 0.469 e. The van der Waals surface area contributed by atoms with Crippen molar-refractivity contribution < 1.29 is 23.5 Å². The molecule has 0 fully saturated rings. The molecule has 5 nitrogen and oxygen atoms in total. The van der Waals surface area contributed by atoms with Gasteiger partial charge in [-0.2, -0.15) is 0 Å². The maximum absolute atomic E-state index is 13.1. The van der Waals surface area contributed by atoms with Crippen LogP contribution < -0.4 is 0 Å². The minimum Gasteiger partial charge on any atom is -0.469 e. The van der Waals surface area contributed by atoms with Gasteiger partial charge in [-0.1, -0.05) is 53.6 Å². The number of rotatable bonds is 8. The summed E-state index contributed by atoms with van der Waals surface area (Å²) in [5, 5.41) is 0.508. The number of benzene rings is 3. The molecule has 3 aromatic carbocycles. The van der Waals surface area contributed by atoms with Crippen molar-refractivity contribution in [3.63, 3.8) is 0 Å². The summed E-state index contributed by atoms with van der Waals surface area (Å²) in [6, 6.07) is 17.3. The highest BCUT2D eigenvalue weighted by molar-refractivity contribution is 6.31. The molecule has 0 N–H and O–H groups in total. The van der Waals surface area contributed by atoms with E-state index in [1.807, 2.05) is 44.2 Å². The summed E-state index contributed by atoms with van der Waals surface area (Å²) in [6.07, 6.45) is -0.348. The predicted octanol–water partition coefficient (Wildman–Crippen LogP) is 6.33. The van der Waals surface area contributed by atoms with E-state index in [1.54, 1.807) is 23.1 Å². The number of esters is 1. The van der Waals surface area contributed by atoms with Gasteiger partial charge in [-0.15, -0.1) is 0 Å². The van der Waals surface area contributed by atoms with E-state index in [0.717, 1.165) is 27.8 Å². The first-order valence-electron chi connectivity index (χ1n) is 10.9. The fourth-order valence-electron chi connectivity index (χ4n) is 3.61. The normalized spacial score (nSPS) is 10.6. The van der Waals surface area contributed by atoms with Crippen LogP contribution in [0.3, 0.4) is 0 Å². The van der Waals surface area contributed by atoms with E-state index in [2.05, 4.69) is 0 Å². The van der Waals surface area contributed by atoms with E-state index in [-0.39, 0.29) is 24.8 Å². The maximum atomic E-state index is 13.1. The number of methoxy groups -OCH3 is 1. The number of aryl methyl sites for hydroxylation is 1. The van der Waals surface area contributed by atoms with Gasteiger partial charge in [0.05, 0.1) is 13.5 Å². The quantitative estimate of drug-likeness (QED) is 0.351. The first kappa shape index (κ1) is 25.2. The van der Waals surface area contributed by atoms with Gasteiger partial charge in [0.15, 0.2) is 0 Å². The molecule has 7 heteroatoms. The standard InChI is InChI=1S/C27H27ClFNO4/c1-4-30(27(32)34-17-19-6-8-24(29)9-7-19)16-22-11-18(2)5-10-25(22)21-12-20(13-23(28)15-21)14-26(31)33-3/h5-13,15H,4,14,16-17H2,1-3H3. The number of carbonyl (C=O) groups excluding carboxylic acids is 2. The third-order valence-electron chi connectivity index (χ3n) is 5.38. The molecular weight excluding hydrogens is 457 g/mol. The average molecular weight is 484 g/mol. The third-order valence-corrected chi connectivity index (χ3v) is 5.60. The minimum absolute atomic E-state index is 0.0570. The highest BCUT2D eigenvalue weighted by Crippen LogP contribution is 2.30. The van der Waals surface area contributed by atoms with Gasteiger partial charge in [0.25, 0.3) is 0 Å². The molecule has 0 aliphatic rings. The van der Waals surface area contributed by atoms with Gasteiger partial charge >= 0.3 is 12.1 Å². The maximum Gasteiger partial charge on any atom is 0.410 e. The van der Waals surface area contributed by atoms with Crippen LogP contribution in [0.15, 0.2) is 60.7 Å². The van der Waals surface area contributed by atoms with E-state index in [4.69, 9.17) is 21.1 Å². The zero-order chi connectivity index (χ0) is 24.7. The molecule has 1 amide bonds. The number of hydrogen-bond acceptors (Lipinski definition) is 4. The lowest BCUT2D eigenvalue weighted by atomic mass is 9.95. The Bertz CT molecular complexity index is 1160. The summed E-state index contributed by atoms with van der Waals surface area (Å²) in [5.41, 5.74) is 5.17. The van der Waals surface area contributed by atoms with Crippen molar-refractivity contribution in [2.24, 2.45) is 0 Å². The van der Waals surface area contributed by atoms with Gasteiger partial charge in [-0.25, -0.2) is 9.18 Å². The number of carbonyl (C=O) groups is 2. The highest BCUT2D eigenvalue weighted by atomic mass is 35.5. The zero-order valence-electron chi connectivity index (χ0n) is 19.4. The third kappa shape index (κ3) is 6.81. The van der Waals surface area contributed by atoms with Gasteiger partial charge < -0.3 is 14.4 Å². The fourth-order valence-corrected chi connectivity index (χ4v) is 3.87. The lowest BCUT2D eigenvalue weighted by Crippen LogP contribution is -2.31. The summed E-state index contributed by atoms with van der Waals surface area (Å²) in [4.78, 5) is 26.1. The van der Waals surface area contributed by atoms with Crippen LogP contribution in [0.2, 0.25) is 5.02 Å². The van der Waals surface area contributed by atoms with Crippen molar-refractivity contribution in [2.45, 2.75) is 33.4 Å². The topological polar surface area (TPSA) is 55.8 Å². The zero-order valence-corrected chi connectivity index (χ0v) is 20.2. The Kier molecular flexibility index (Phi) is 8.66. The molecule has 3 aromatic rings. The molecule has 0 aliphatic heterocycles. The Morgan fingerprint density at radius 1 is 1.00 bits per heavy atom. The number of nitrogens with zero attached hydrogens (tertiary/aromatic N) is 1. The summed E-state index contributed by atoms with van der Waals surface area (Å²) in [7, 11) is 1.35. The van der Waals surface area contributed by atoms with Crippen molar-refractivity contribution in [3.8, 4) is 11.1 Å². The van der Waals surface area contributed by atoms with E-state index < -0.39 is 6.09 Å². The molecule has 178 valence electrons. The lowest BCUT2D eigenvalue weighted by Gasteiger charge is -2.23. The van der Waals surface area contributed by atoms with Crippen LogP contribution >= 0.6 is 11.6 Å². The molecule has 0 unspecified atom stereocenters. The van der Waals surface area contributed by atoms with Crippen LogP contribution in [0.1, 0.15) is 29.2 Å². The Morgan fingerprint density at radius 2 is 1.74 bits per heavy atom. The van der Waals surface area contributed by atoms with Crippen LogP contribution in [0.5, 0.6) is 0 Å². The number of hydrogen-bond donors (Lipinski definition) is 0. The molecule has 0 heterocycles. The second-order valence-corrected chi connectivity index (χ2v) is 8.39. The molecule has 3 rings (SSSR count). The Morgan fingerprint density at radius 3 is 2.41 bits per heavy atom. The summed E-state index contributed by atoms with van der Waals surface area (Å²) >= 11 is 6.34. The number of halogens is 2. The smallest absolute Gasteiger partial charge is 0.410 e. The molecule has 0 radical (unpaired) electrons. The van der Waals surface area contributed by atoms with Crippen LogP contribution in [0.25, 0.3) is 11.1 Å². The summed E-state index contributed by atoms with van der Waals surface area (Å²) in [6.45, 7) is 4.69. The monoisotopic (exact) mass is 483 g/mol. The second-order valence-electron chi connectivity index (χ2n) is 7.96. The first-order valence-corrected chi connectivity index (χ1v) is 11.3. The van der Waals surface area contributed by atoms with Gasteiger partial charge in [-0.05, 0) is 65.9 Å². The summed E-state index contributed by atoms with van der Waals surface area (Å²) < 4.78 is 23.3. The van der Waals surface area contributed by atoms with Crippen LogP contribution in [-0.4, -0.2) is 30.6 Å². The van der Waals surface area contributed by atoms with Crippen molar-refractivity contribution in [3.05, 3.63) is 93.8 Å². The van der Waals surface area contributed by atoms with Crippen molar-refractivity contribution >= 4 is 23.7 Å². The molecular formula is C27H27ClFNO4. The predicted molar refractivity (Wildman–Crippen MR) is 130 cm³/mol. The average Bonchev–Trinajstić information content (AvgIpc) is 2.81. The van der Waals surface area contributed by atoms with Crippen LogP contribution in [0, 0.1) is 12.7 Å². The SMILES string of the molecule is CCN(Cc1cc(C)ccc1-c1cc(Cl)cc(CC(=O)OC)c1)C(=O)OCc1ccc(F)cc1. The Balaban J connectivity index is 1.83. The molecule has 0 saturated carbocycles. The Labute approximate surface area is 204 Å². The van der Waals surface area contributed by atoms with Gasteiger partial charge in [0.2, 0.25) is 0 Å². The van der Waals surface area contributed by atoms with Gasteiger partial charge in [-0.3, -0.25) is 4.79 Å². The van der Waals surface area contributed by atoms with Crippen molar-refractivity contribution in [1.82, 2.24) is 4.90 Å². The lowest BCUT2D eigenvalue weighted by molar-refractivity contribution is -0.139. The van der Waals surface area contributed by atoms with Crippen molar-refractivity contribution in [1.29, 1.82) is 0 Å². The Hall–Kier alpha value is -3.38. The van der Waals surface area contributed by atoms with E-state index in [1.165, 1.54) is 19.2 Å². The molecule has 0 atom stereocenters. The van der Waals surface area contributed by atoms with E-state index in [9.17, 15) is 14.0 Å². The second kappa shape index (κ2) is 11.7. The minimum atomic E-state index is -0.461. The van der Waals surface area contributed by atoms with E-state index in [0.29, 0.717) is 23.7 Å². The first-order chi connectivity index (χ1) is 16.3. The van der Waals surface area contributed by atoms with Gasteiger partial charge in [0.1, 0.15) is 12.4 Å². The highest BCUT2D eigenvalue weighted by Gasteiger charge is 2.17. The number of amides is 1. The van der Waals surface area contributed by atoms with Crippen LogP contribution in [0.4, 0.5) is 9.18 Å². The molecule has 0 aliphatic carbocycles. The molecule has 0 saturated heterocycles. The molecule has 0 bridgehead atoms. The summed E-state index contributed by atoms with van der Waals surface area (Å²) in [5.74, 6) is -0.689. The fraction of sp³-hybridized carbons (Fsp3) is 0.259. The van der Waals surface area contributed by atoms with Crippen LogP contribution in [-0.2, 0) is 33.8 Å². The van der Waals surface area contributed by atoms with E-state index >= 15 is 0 Å².